The van der Waals surface area contributed by atoms with Crippen LogP contribution in [0.5, 0.6) is 0 Å². The summed E-state index contributed by atoms with van der Waals surface area (Å²) in [5.41, 5.74) is 9.31. The first kappa shape index (κ1) is 10.7. The summed E-state index contributed by atoms with van der Waals surface area (Å²) < 4.78 is 0. The summed E-state index contributed by atoms with van der Waals surface area (Å²) in [5, 5.41) is 0. The van der Waals surface area contributed by atoms with Crippen molar-refractivity contribution in [3.8, 4) is 0 Å². The molecule has 2 N–H and O–H groups in total. The predicted octanol–water partition coefficient (Wildman–Crippen LogP) is 2.82. The van der Waals surface area contributed by atoms with Crippen LogP contribution in [0, 0.1) is 5.92 Å². The lowest BCUT2D eigenvalue weighted by atomic mass is 9.80. The Labute approximate surface area is 101 Å². The Hall–Kier alpha value is -1.48. The lowest BCUT2D eigenvalue weighted by Gasteiger charge is -2.28. The molecule has 0 bridgehead atoms. The highest BCUT2D eigenvalue weighted by atomic mass is 14.8. The molecular formula is C14H17N3. The average Bonchev–Trinajstić information content (AvgIpc) is 2.33. The van der Waals surface area contributed by atoms with E-state index in [-0.39, 0.29) is 6.04 Å². The van der Waals surface area contributed by atoms with Gasteiger partial charge in [0, 0.05) is 18.4 Å². The van der Waals surface area contributed by atoms with Gasteiger partial charge in [0.2, 0.25) is 0 Å². The van der Waals surface area contributed by atoms with E-state index in [0.29, 0.717) is 0 Å². The van der Waals surface area contributed by atoms with E-state index in [1.807, 2.05) is 6.07 Å². The van der Waals surface area contributed by atoms with Crippen molar-refractivity contribution in [2.24, 2.45) is 11.7 Å². The van der Waals surface area contributed by atoms with Crippen LogP contribution >= 0.6 is 0 Å². The molecule has 1 saturated carbocycles. The number of hydrogen-bond donors (Lipinski definition) is 1. The van der Waals surface area contributed by atoms with Crippen LogP contribution in [0.3, 0.4) is 0 Å². The van der Waals surface area contributed by atoms with E-state index < -0.39 is 0 Å². The van der Waals surface area contributed by atoms with Crippen LogP contribution in [-0.4, -0.2) is 9.97 Å². The second-order valence-electron chi connectivity index (χ2n) is 4.94. The molecule has 0 saturated heterocycles. The SMILES string of the molecule is NC(CC1CCC1)c1ccc2nccnc2c1. The molecule has 1 unspecified atom stereocenters. The minimum atomic E-state index is 0.145. The molecule has 1 aliphatic rings. The van der Waals surface area contributed by atoms with Gasteiger partial charge in [-0.1, -0.05) is 25.3 Å². The first-order valence-electron chi connectivity index (χ1n) is 6.29. The van der Waals surface area contributed by atoms with Crippen molar-refractivity contribution < 1.29 is 0 Å². The molecule has 17 heavy (non-hydrogen) atoms. The number of nitrogens with two attached hydrogens (primary N) is 1. The van der Waals surface area contributed by atoms with Gasteiger partial charge in [-0.2, -0.15) is 0 Å². The third-order valence-corrected chi connectivity index (χ3v) is 3.73. The molecule has 1 aromatic carbocycles. The van der Waals surface area contributed by atoms with Gasteiger partial charge in [-0.05, 0) is 30.0 Å². The second-order valence-corrected chi connectivity index (χ2v) is 4.94. The van der Waals surface area contributed by atoms with Gasteiger partial charge in [-0.15, -0.1) is 0 Å². The quantitative estimate of drug-likeness (QED) is 0.877. The molecule has 1 fully saturated rings. The van der Waals surface area contributed by atoms with E-state index in [1.54, 1.807) is 12.4 Å². The monoisotopic (exact) mass is 227 g/mol. The van der Waals surface area contributed by atoms with Gasteiger partial charge >= 0.3 is 0 Å². The maximum atomic E-state index is 6.25. The Balaban J connectivity index is 1.83. The van der Waals surface area contributed by atoms with Crippen molar-refractivity contribution in [1.82, 2.24) is 9.97 Å². The zero-order valence-electron chi connectivity index (χ0n) is 9.84. The normalized spacial score (nSPS) is 17.9. The highest BCUT2D eigenvalue weighted by molar-refractivity contribution is 5.74. The van der Waals surface area contributed by atoms with Crippen LogP contribution in [-0.2, 0) is 0 Å². The Bertz CT molecular complexity index is 520. The zero-order chi connectivity index (χ0) is 11.7. The third-order valence-electron chi connectivity index (χ3n) is 3.73. The van der Waals surface area contributed by atoms with Crippen LogP contribution in [0.2, 0.25) is 0 Å². The summed E-state index contributed by atoms with van der Waals surface area (Å²) >= 11 is 0. The van der Waals surface area contributed by atoms with Crippen molar-refractivity contribution in [1.29, 1.82) is 0 Å². The topological polar surface area (TPSA) is 51.8 Å². The molecule has 0 amide bonds. The molecule has 0 aliphatic heterocycles. The zero-order valence-corrected chi connectivity index (χ0v) is 9.84. The molecule has 1 atom stereocenters. The van der Waals surface area contributed by atoms with Crippen LogP contribution in [0.25, 0.3) is 11.0 Å². The summed E-state index contributed by atoms with van der Waals surface area (Å²) in [4.78, 5) is 8.59. The fraction of sp³-hybridized carbons (Fsp3) is 0.429. The molecule has 0 radical (unpaired) electrons. The first-order chi connectivity index (χ1) is 8.33. The fourth-order valence-electron chi connectivity index (χ4n) is 2.43. The van der Waals surface area contributed by atoms with Gasteiger partial charge in [0.25, 0.3) is 0 Å². The van der Waals surface area contributed by atoms with E-state index in [2.05, 4.69) is 22.1 Å². The van der Waals surface area contributed by atoms with Crippen LogP contribution in [0.15, 0.2) is 30.6 Å². The smallest absolute Gasteiger partial charge is 0.0890 e. The van der Waals surface area contributed by atoms with Crippen molar-refractivity contribution in [3.05, 3.63) is 36.2 Å². The first-order valence-corrected chi connectivity index (χ1v) is 6.29. The number of benzene rings is 1. The number of aromatic nitrogens is 2. The molecule has 1 heterocycles. The van der Waals surface area contributed by atoms with E-state index in [0.717, 1.165) is 23.4 Å². The molecule has 3 rings (SSSR count). The van der Waals surface area contributed by atoms with Gasteiger partial charge in [0.15, 0.2) is 0 Å². The van der Waals surface area contributed by atoms with Gasteiger partial charge in [0.1, 0.15) is 0 Å². The fourth-order valence-corrected chi connectivity index (χ4v) is 2.43. The molecule has 88 valence electrons. The Morgan fingerprint density at radius 1 is 1.18 bits per heavy atom. The summed E-state index contributed by atoms with van der Waals surface area (Å²) in [7, 11) is 0. The molecule has 3 nitrogen and oxygen atoms in total. The lowest BCUT2D eigenvalue weighted by Crippen LogP contribution is -2.20. The van der Waals surface area contributed by atoms with E-state index in [9.17, 15) is 0 Å². The van der Waals surface area contributed by atoms with Crippen LogP contribution in [0.1, 0.15) is 37.3 Å². The number of rotatable bonds is 3. The minimum Gasteiger partial charge on any atom is -0.324 e. The Kier molecular flexibility index (Phi) is 2.77. The largest absolute Gasteiger partial charge is 0.324 e. The molecule has 0 spiro atoms. The van der Waals surface area contributed by atoms with Gasteiger partial charge in [0.05, 0.1) is 11.0 Å². The summed E-state index contributed by atoms with van der Waals surface area (Å²) in [6.07, 6.45) is 8.62. The summed E-state index contributed by atoms with van der Waals surface area (Å²) in [5.74, 6) is 0.836. The van der Waals surface area contributed by atoms with E-state index >= 15 is 0 Å². The summed E-state index contributed by atoms with van der Waals surface area (Å²) in [6.45, 7) is 0. The van der Waals surface area contributed by atoms with E-state index in [4.69, 9.17) is 5.73 Å². The van der Waals surface area contributed by atoms with Gasteiger partial charge in [-0.25, -0.2) is 0 Å². The van der Waals surface area contributed by atoms with E-state index in [1.165, 1.54) is 24.8 Å². The van der Waals surface area contributed by atoms with Crippen molar-refractivity contribution in [3.63, 3.8) is 0 Å². The van der Waals surface area contributed by atoms with Crippen LogP contribution in [0.4, 0.5) is 0 Å². The lowest BCUT2D eigenvalue weighted by molar-refractivity contribution is 0.277. The minimum absolute atomic E-state index is 0.145. The second kappa shape index (κ2) is 4.41. The number of hydrogen-bond acceptors (Lipinski definition) is 3. The highest BCUT2D eigenvalue weighted by Crippen LogP contribution is 2.34. The molecule has 3 heteroatoms. The molecule has 2 aromatic rings. The standard InChI is InChI=1S/C14H17N3/c15-12(8-10-2-1-3-10)11-4-5-13-14(9-11)17-7-6-16-13/h4-7,9-10,12H,1-3,8,15H2. The van der Waals surface area contributed by atoms with Crippen molar-refractivity contribution >= 4 is 11.0 Å². The summed E-state index contributed by atoms with van der Waals surface area (Å²) in [6, 6.07) is 6.32. The third kappa shape index (κ3) is 2.15. The average molecular weight is 227 g/mol. The molecular weight excluding hydrogens is 210 g/mol. The van der Waals surface area contributed by atoms with Crippen molar-refractivity contribution in [2.75, 3.05) is 0 Å². The number of nitrogens with zero attached hydrogens (tertiary/aromatic N) is 2. The Morgan fingerprint density at radius 2 is 1.94 bits per heavy atom. The Morgan fingerprint density at radius 3 is 2.65 bits per heavy atom. The maximum Gasteiger partial charge on any atom is 0.0890 e. The predicted molar refractivity (Wildman–Crippen MR) is 68.4 cm³/mol. The van der Waals surface area contributed by atoms with Crippen LogP contribution < -0.4 is 5.73 Å². The highest BCUT2D eigenvalue weighted by Gasteiger charge is 2.21. The molecule has 1 aromatic heterocycles. The van der Waals surface area contributed by atoms with Crippen molar-refractivity contribution in [2.45, 2.75) is 31.7 Å². The number of fused-ring (bicyclic) bond motifs is 1. The van der Waals surface area contributed by atoms with Gasteiger partial charge in [-0.3, -0.25) is 9.97 Å². The maximum absolute atomic E-state index is 6.25. The molecule has 1 aliphatic carbocycles. The van der Waals surface area contributed by atoms with Gasteiger partial charge < -0.3 is 5.73 Å².